The van der Waals surface area contributed by atoms with E-state index in [1.165, 1.54) is 9.58 Å². The van der Waals surface area contributed by atoms with Gasteiger partial charge in [-0.25, -0.2) is 4.68 Å². The molecule has 0 spiro atoms. The number of aromatic nitrogens is 3. The number of nitrogens with zero attached hydrogens (tertiary/aromatic N) is 4. The summed E-state index contributed by atoms with van der Waals surface area (Å²) in [5.74, 6) is -0.236. The van der Waals surface area contributed by atoms with E-state index in [1.54, 1.807) is 57.2 Å². The first-order chi connectivity index (χ1) is 13.1. The highest BCUT2D eigenvalue weighted by Gasteiger charge is 2.29. The van der Waals surface area contributed by atoms with Gasteiger partial charge in [0, 0.05) is 17.9 Å². The predicted molar refractivity (Wildman–Crippen MR) is 112 cm³/mol. The number of hydrogen-bond acceptors (Lipinski definition) is 6. The molecule has 2 aromatic rings. The number of thioether (sulfide) groups is 1. The first kappa shape index (κ1) is 22.2. The highest BCUT2D eigenvalue weighted by atomic mass is 35.5. The van der Waals surface area contributed by atoms with Crippen LogP contribution in [0.25, 0.3) is 5.69 Å². The van der Waals surface area contributed by atoms with E-state index in [2.05, 4.69) is 10.1 Å². The van der Waals surface area contributed by atoms with Crippen LogP contribution in [-0.2, 0) is 14.3 Å². The fourth-order valence-electron chi connectivity index (χ4n) is 2.33. The third-order valence-electron chi connectivity index (χ3n) is 3.89. The molecule has 0 radical (unpaired) electrons. The average molecular weight is 425 g/mol. The number of halogens is 1. The van der Waals surface area contributed by atoms with Gasteiger partial charge in [-0.05, 0) is 39.2 Å². The Kier molecular flexibility index (Phi) is 7.48. The van der Waals surface area contributed by atoms with Crippen LogP contribution in [-0.4, -0.2) is 45.4 Å². The Morgan fingerprint density at radius 3 is 2.68 bits per heavy atom. The summed E-state index contributed by atoms with van der Waals surface area (Å²) in [4.78, 5) is 30.6. The molecule has 0 aliphatic rings. The Morgan fingerprint density at radius 2 is 2.11 bits per heavy atom. The van der Waals surface area contributed by atoms with Gasteiger partial charge in [0.2, 0.25) is 5.91 Å². The molecule has 1 unspecified atom stereocenters. The van der Waals surface area contributed by atoms with Gasteiger partial charge >= 0.3 is 5.97 Å². The summed E-state index contributed by atoms with van der Waals surface area (Å²) < 4.78 is 6.93. The minimum atomic E-state index is -0.677. The molecule has 0 N–H and O–H groups in total. The minimum absolute atomic E-state index is 0.139. The molecule has 0 bridgehead atoms. The van der Waals surface area contributed by atoms with E-state index in [0.29, 0.717) is 17.1 Å². The van der Waals surface area contributed by atoms with Gasteiger partial charge in [0.05, 0.1) is 23.5 Å². The third-order valence-corrected chi connectivity index (χ3v) is 5.00. The lowest BCUT2D eigenvalue weighted by Crippen LogP contribution is -2.40. The largest absolute Gasteiger partial charge is 0.443 e. The van der Waals surface area contributed by atoms with Gasteiger partial charge in [-0.15, -0.1) is 0 Å². The van der Waals surface area contributed by atoms with Crippen LogP contribution in [0, 0.1) is 11.3 Å². The van der Waals surface area contributed by atoms with E-state index in [9.17, 15) is 9.59 Å². The summed E-state index contributed by atoms with van der Waals surface area (Å²) in [5, 5.41) is 4.41. The van der Waals surface area contributed by atoms with Crippen molar-refractivity contribution in [3.8, 4) is 5.69 Å². The molecule has 7 nitrogen and oxygen atoms in total. The van der Waals surface area contributed by atoms with Gasteiger partial charge in [0.15, 0.2) is 11.9 Å². The summed E-state index contributed by atoms with van der Waals surface area (Å²) in [6, 6.07) is 3.60. The lowest BCUT2D eigenvalue weighted by Gasteiger charge is -2.26. The number of anilines is 1. The number of ether oxygens (including phenoxy) is 1. The number of carbonyl (C=O) groups is 2. The molecule has 0 saturated carbocycles. The molecule has 2 heterocycles. The number of hydrogen-bond donors (Lipinski definition) is 0. The summed E-state index contributed by atoms with van der Waals surface area (Å²) in [7, 11) is 0. The molecule has 9 heteroatoms. The van der Waals surface area contributed by atoms with Crippen LogP contribution in [0.2, 0.25) is 5.15 Å². The molecule has 0 aromatic carbocycles. The number of pyridine rings is 1. The van der Waals surface area contributed by atoms with Gasteiger partial charge in [0.25, 0.3) is 0 Å². The van der Waals surface area contributed by atoms with Crippen LogP contribution in [0.5, 0.6) is 0 Å². The van der Waals surface area contributed by atoms with Crippen LogP contribution < -0.4 is 4.90 Å². The maximum absolute atomic E-state index is 13.0. The number of rotatable bonds is 7. The molecule has 0 fully saturated rings. The van der Waals surface area contributed by atoms with Crippen molar-refractivity contribution in [2.45, 2.75) is 27.7 Å². The molecule has 2 aromatic heterocycles. The van der Waals surface area contributed by atoms with E-state index >= 15 is 0 Å². The summed E-state index contributed by atoms with van der Waals surface area (Å²) in [5.41, 5.74) is 0.403. The second-order valence-corrected chi connectivity index (χ2v) is 8.66. The van der Waals surface area contributed by atoms with Gasteiger partial charge in [-0.2, -0.15) is 16.9 Å². The first-order valence-electron chi connectivity index (χ1n) is 8.78. The standard InChI is InChI=1S/C19H25ClN4O3S/c1-13(11-28-5)17(25)23(12-27-18(26)19(2,3)4)15-10-24(22-16(15)20)14-7-6-8-21-9-14/h6-10,13H,11-12H2,1-5H3. The van der Waals surface area contributed by atoms with E-state index in [0.717, 1.165) is 0 Å². The zero-order valence-corrected chi connectivity index (χ0v) is 18.3. The van der Waals surface area contributed by atoms with Crippen molar-refractivity contribution >= 4 is 40.9 Å². The number of esters is 1. The maximum Gasteiger partial charge on any atom is 0.312 e. The number of amides is 1. The van der Waals surface area contributed by atoms with E-state index in [1.807, 2.05) is 19.2 Å². The van der Waals surface area contributed by atoms with E-state index in [4.69, 9.17) is 16.3 Å². The Bertz CT molecular complexity index is 820. The van der Waals surface area contributed by atoms with Crippen molar-refractivity contribution < 1.29 is 14.3 Å². The zero-order valence-electron chi connectivity index (χ0n) is 16.7. The topological polar surface area (TPSA) is 77.3 Å². The van der Waals surface area contributed by atoms with Crippen molar-refractivity contribution in [3.63, 3.8) is 0 Å². The van der Waals surface area contributed by atoms with Crippen molar-refractivity contribution in [3.05, 3.63) is 35.9 Å². The van der Waals surface area contributed by atoms with Crippen LogP contribution in [0.15, 0.2) is 30.7 Å². The lowest BCUT2D eigenvalue weighted by molar-refractivity contribution is -0.153. The van der Waals surface area contributed by atoms with Gasteiger partial charge < -0.3 is 4.74 Å². The van der Waals surface area contributed by atoms with Gasteiger partial charge in [-0.3, -0.25) is 19.5 Å². The molecular weight excluding hydrogens is 400 g/mol. The highest BCUT2D eigenvalue weighted by Crippen LogP contribution is 2.28. The summed E-state index contributed by atoms with van der Waals surface area (Å²) >= 11 is 7.90. The molecule has 1 amide bonds. The zero-order chi connectivity index (χ0) is 20.9. The second kappa shape index (κ2) is 9.43. The van der Waals surface area contributed by atoms with E-state index < -0.39 is 11.4 Å². The molecule has 0 aliphatic heterocycles. The number of carbonyl (C=O) groups excluding carboxylic acids is 2. The third kappa shape index (κ3) is 5.48. The molecule has 1 atom stereocenters. The van der Waals surface area contributed by atoms with Crippen LogP contribution >= 0.6 is 23.4 Å². The minimum Gasteiger partial charge on any atom is -0.443 e. The summed E-state index contributed by atoms with van der Waals surface area (Å²) in [6.07, 6.45) is 6.85. The first-order valence-corrected chi connectivity index (χ1v) is 10.6. The second-order valence-electron chi connectivity index (χ2n) is 7.39. The van der Waals surface area contributed by atoms with Crippen molar-refractivity contribution in [2.75, 3.05) is 23.6 Å². The molecule has 152 valence electrons. The quantitative estimate of drug-likeness (QED) is 0.497. The molecule has 0 aliphatic carbocycles. The van der Waals surface area contributed by atoms with Crippen LogP contribution in [0.4, 0.5) is 5.69 Å². The van der Waals surface area contributed by atoms with Crippen LogP contribution in [0.1, 0.15) is 27.7 Å². The predicted octanol–water partition coefficient (Wildman–Crippen LogP) is 3.80. The highest BCUT2D eigenvalue weighted by molar-refractivity contribution is 7.98. The van der Waals surface area contributed by atoms with E-state index in [-0.39, 0.29) is 23.7 Å². The van der Waals surface area contributed by atoms with Crippen LogP contribution in [0.3, 0.4) is 0 Å². The Balaban J connectivity index is 2.34. The monoisotopic (exact) mass is 424 g/mol. The Hall–Kier alpha value is -2.06. The summed E-state index contributed by atoms with van der Waals surface area (Å²) in [6.45, 7) is 6.87. The van der Waals surface area contributed by atoms with Crippen molar-refractivity contribution in [1.29, 1.82) is 0 Å². The van der Waals surface area contributed by atoms with Crippen molar-refractivity contribution in [1.82, 2.24) is 14.8 Å². The molecule has 28 heavy (non-hydrogen) atoms. The maximum atomic E-state index is 13.0. The van der Waals surface area contributed by atoms with Crippen molar-refractivity contribution in [2.24, 2.45) is 11.3 Å². The molecule has 2 rings (SSSR count). The Labute approximate surface area is 174 Å². The normalized spacial score (nSPS) is 12.5. The fraction of sp³-hybridized carbons (Fsp3) is 0.474. The smallest absolute Gasteiger partial charge is 0.312 e. The average Bonchev–Trinajstić information content (AvgIpc) is 3.03. The molecular formula is C19H25ClN4O3S. The van der Waals surface area contributed by atoms with Gasteiger partial charge in [0.1, 0.15) is 5.69 Å². The Morgan fingerprint density at radius 1 is 1.39 bits per heavy atom. The fourth-order valence-corrected chi connectivity index (χ4v) is 3.20. The molecule has 0 saturated heterocycles. The SMILES string of the molecule is CSCC(C)C(=O)N(COC(=O)C(C)(C)C)c1cn(-c2cccnc2)nc1Cl. The lowest BCUT2D eigenvalue weighted by atomic mass is 9.97. The van der Waals surface area contributed by atoms with Gasteiger partial charge in [-0.1, -0.05) is 18.5 Å².